The molecule has 2 atom stereocenters. The van der Waals surface area contributed by atoms with Crippen LogP contribution in [0.15, 0.2) is 35.9 Å². The van der Waals surface area contributed by atoms with Crippen molar-refractivity contribution in [2.24, 2.45) is 12.8 Å². The van der Waals surface area contributed by atoms with Gasteiger partial charge in [0.05, 0.1) is 12.5 Å². The fourth-order valence-electron chi connectivity index (χ4n) is 2.56. The zero-order chi connectivity index (χ0) is 15.9. The maximum Gasteiger partial charge on any atom is 0.262 e. The summed E-state index contributed by atoms with van der Waals surface area (Å²) in [6.45, 7) is 0.390. The van der Waals surface area contributed by atoms with Gasteiger partial charge in [0.1, 0.15) is 5.82 Å². The van der Waals surface area contributed by atoms with Crippen molar-refractivity contribution < 1.29 is 12.8 Å². The molecule has 2 aromatic rings. The van der Waals surface area contributed by atoms with Crippen molar-refractivity contribution >= 4 is 10.0 Å². The molecule has 0 bridgehead atoms. The van der Waals surface area contributed by atoms with Crippen LogP contribution in [0.4, 0.5) is 4.39 Å². The molecule has 1 aliphatic heterocycles. The molecule has 0 amide bonds. The number of aryl methyl sites for hydroxylation is 1. The molecule has 2 aromatic heterocycles. The van der Waals surface area contributed by atoms with Crippen LogP contribution in [0.25, 0.3) is 0 Å². The highest BCUT2D eigenvalue weighted by atomic mass is 32.2. The summed E-state index contributed by atoms with van der Waals surface area (Å²) in [6, 6.07) is 2.44. The molecular formula is C13H16FN5O2S. The van der Waals surface area contributed by atoms with E-state index in [1.165, 1.54) is 29.0 Å². The van der Waals surface area contributed by atoms with E-state index >= 15 is 0 Å². The first-order valence-corrected chi connectivity index (χ1v) is 8.17. The predicted octanol–water partition coefficient (Wildman–Crippen LogP) is 0.0696. The SMILES string of the molecule is Cn1cnc(S(=O)(=O)N2C[C@H](c3ccc(F)cn3)[C@@H](N)C2)c1. The number of nitrogens with two attached hydrogens (primary N) is 1. The smallest absolute Gasteiger partial charge is 0.262 e. The highest BCUT2D eigenvalue weighted by Gasteiger charge is 2.39. The Morgan fingerprint density at radius 1 is 1.32 bits per heavy atom. The lowest BCUT2D eigenvalue weighted by Crippen LogP contribution is -2.32. The highest BCUT2D eigenvalue weighted by Crippen LogP contribution is 2.29. The van der Waals surface area contributed by atoms with Gasteiger partial charge in [0.15, 0.2) is 5.03 Å². The number of hydrogen-bond acceptors (Lipinski definition) is 5. The zero-order valence-electron chi connectivity index (χ0n) is 11.9. The van der Waals surface area contributed by atoms with Crippen molar-refractivity contribution in [2.75, 3.05) is 13.1 Å². The summed E-state index contributed by atoms with van der Waals surface area (Å²) in [5.74, 6) is -0.702. The monoisotopic (exact) mass is 325 g/mol. The van der Waals surface area contributed by atoms with Crippen LogP contribution in [0.2, 0.25) is 0 Å². The molecule has 1 saturated heterocycles. The van der Waals surface area contributed by atoms with Crippen molar-refractivity contribution in [3.63, 3.8) is 0 Å². The molecule has 1 aliphatic rings. The third kappa shape index (κ3) is 2.62. The van der Waals surface area contributed by atoms with Gasteiger partial charge in [-0.05, 0) is 12.1 Å². The van der Waals surface area contributed by atoms with Crippen LogP contribution in [-0.4, -0.2) is 46.4 Å². The fourth-order valence-corrected chi connectivity index (χ4v) is 4.03. The lowest BCUT2D eigenvalue weighted by molar-refractivity contribution is 0.467. The topological polar surface area (TPSA) is 94.1 Å². The largest absolute Gasteiger partial charge is 0.339 e. The second-order valence-corrected chi connectivity index (χ2v) is 7.26. The summed E-state index contributed by atoms with van der Waals surface area (Å²) in [5.41, 5.74) is 6.64. The van der Waals surface area contributed by atoms with Gasteiger partial charge in [-0.3, -0.25) is 4.98 Å². The first-order valence-electron chi connectivity index (χ1n) is 6.73. The lowest BCUT2D eigenvalue weighted by Gasteiger charge is -2.14. The van der Waals surface area contributed by atoms with Gasteiger partial charge in [-0.2, -0.15) is 4.31 Å². The van der Waals surface area contributed by atoms with E-state index in [0.717, 1.165) is 6.20 Å². The minimum atomic E-state index is -3.68. The van der Waals surface area contributed by atoms with Gasteiger partial charge in [-0.15, -0.1) is 0 Å². The minimum Gasteiger partial charge on any atom is -0.339 e. The lowest BCUT2D eigenvalue weighted by atomic mass is 10.00. The van der Waals surface area contributed by atoms with E-state index in [9.17, 15) is 12.8 Å². The maximum atomic E-state index is 12.9. The Bertz CT molecular complexity index is 774. The third-order valence-corrected chi connectivity index (χ3v) is 5.46. The molecule has 0 aromatic carbocycles. The van der Waals surface area contributed by atoms with E-state index in [2.05, 4.69) is 9.97 Å². The molecule has 3 rings (SSSR count). The summed E-state index contributed by atoms with van der Waals surface area (Å²) in [5, 5.41) is -0.00471. The van der Waals surface area contributed by atoms with Crippen LogP contribution in [0.5, 0.6) is 0 Å². The van der Waals surface area contributed by atoms with E-state index in [1.54, 1.807) is 11.6 Å². The second kappa shape index (κ2) is 5.41. The number of pyridine rings is 1. The van der Waals surface area contributed by atoms with E-state index in [1.807, 2.05) is 0 Å². The Morgan fingerprint density at radius 2 is 2.09 bits per heavy atom. The molecule has 7 nitrogen and oxygen atoms in total. The van der Waals surface area contributed by atoms with Gasteiger partial charge in [-0.25, -0.2) is 17.8 Å². The summed E-state index contributed by atoms with van der Waals surface area (Å²) in [6.07, 6.45) is 3.99. The normalized spacial score (nSPS) is 23.0. The zero-order valence-corrected chi connectivity index (χ0v) is 12.7. The molecule has 22 heavy (non-hydrogen) atoms. The third-order valence-electron chi connectivity index (χ3n) is 3.75. The Hall–Kier alpha value is -1.84. The number of rotatable bonds is 3. The molecule has 0 aliphatic carbocycles. The molecule has 3 heterocycles. The average Bonchev–Trinajstić information content (AvgIpc) is 3.07. The molecular weight excluding hydrogens is 309 g/mol. The molecule has 118 valence electrons. The van der Waals surface area contributed by atoms with E-state index in [-0.39, 0.29) is 24.0 Å². The highest BCUT2D eigenvalue weighted by molar-refractivity contribution is 7.89. The van der Waals surface area contributed by atoms with E-state index < -0.39 is 21.9 Å². The second-order valence-electron chi connectivity index (χ2n) is 5.37. The Kier molecular flexibility index (Phi) is 3.71. The van der Waals surface area contributed by atoms with Crippen molar-refractivity contribution in [3.8, 4) is 0 Å². The molecule has 0 saturated carbocycles. The summed E-state index contributed by atoms with van der Waals surface area (Å²) in [4.78, 5) is 7.90. The van der Waals surface area contributed by atoms with Crippen LogP contribution < -0.4 is 5.73 Å². The van der Waals surface area contributed by atoms with Crippen LogP contribution in [-0.2, 0) is 17.1 Å². The van der Waals surface area contributed by atoms with Gasteiger partial charge in [-0.1, -0.05) is 0 Å². The quantitative estimate of drug-likeness (QED) is 0.862. The van der Waals surface area contributed by atoms with Crippen molar-refractivity contribution in [1.82, 2.24) is 18.8 Å². The average molecular weight is 325 g/mol. The number of nitrogens with zero attached hydrogens (tertiary/aromatic N) is 4. The number of hydrogen-bond donors (Lipinski definition) is 1. The van der Waals surface area contributed by atoms with Crippen molar-refractivity contribution in [3.05, 3.63) is 42.4 Å². The van der Waals surface area contributed by atoms with Gasteiger partial charge in [0.2, 0.25) is 0 Å². The molecule has 1 fully saturated rings. The minimum absolute atomic E-state index is 0.00471. The molecule has 2 N–H and O–H groups in total. The first kappa shape index (κ1) is 15.1. The van der Waals surface area contributed by atoms with Gasteiger partial charge >= 0.3 is 0 Å². The van der Waals surface area contributed by atoms with E-state index in [4.69, 9.17) is 5.73 Å². The number of imidazole rings is 1. The molecule has 0 spiro atoms. The number of halogens is 1. The molecule has 0 radical (unpaired) electrons. The predicted molar refractivity (Wildman–Crippen MR) is 76.9 cm³/mol. The Labute approximate surface area is 127 Å². The Morgan fingerprint density at radius 3 is 2.68 bits per heavy atom. The van der Waals surface area contributed by atoms with Crippen LogP contribution in [0.3, 0.4) is 0 Å². The van der Waals surface area contributed by atoms with Crippen molar-refractivity contribution in [1.29, 1.82) is 0 Å². The van der Waals surface area contributed by atoms with Gasteiger partial charge in [0, 0.05) is 44.0 Å². The fraction of sp³-hybridized carbons (Fsp3) is 0.385. The number of aromatic nitrogens is 3. The summed E-state index contributed by atoms with van der Waals surface area (Å²) >= 11 is 0. The van der Waals surface area contributed by atoms with Crippen LogP contribution in [0, 0.1) is 5.82 Å². The number of sulfonamides is 1. The first-order chi connectivity index (χ1) is 10.4. The molecule has 0 unspecified atom stereocenters. The van der Waals surface area contributed by atoms with Gasteiger partial charge in [0.25, 0.3) is 10.0 Å². The maximum absolute atomic E-state index is 12.9. The summed E-state index contributed by atoms with van der Waals surface area (Å²) < 4.78 is 40.9. The van der Waals surface area contributed by atoms with Crippen molar-refractivity contribution in [2.45, 2.75) is 17.0 Å². The van der Waals surface area contributed by atoms with E-state index in [0.29, 0.717) is 5.69 Å². The van der Waals surface area contributed by atoms with Crippen LogP contribution in [0.1, 0.15) is 11.6 Å². The van der Waals surface area contributed by atoms with Crippen LogP contribution >= 0.6 is 0 Å². The molecule has 9 heteroatoms. The standard InChI is InChI=1S/C13H16FN5O2S/c1-18-7-13(17-8-18)22(20,21)19-5-10(11(15)6-19)12-3-2-9(14)4-16-12/h2-4,7-8,10-11H,5-6,15H2,1H3/t10-,11-/m0/s1. The van der Waals surface area contributed by atoms with Gasteiger partial charge < -0.3 is 10.3 Å². The summed E-state index contributed by atoms with van der Waals surface area (Å²) in [7, 11) is -1.98. The Balaban J connectivity index is 1.85.